The predicted molar refractivity (Wildman–Crippen MR) is 122 cm³/mol. The molecule has 3 aromatic rings. The predicted octanol–water partition coefficient (Wildman–Crippen LogP) is 4.01. The van der Waals surface area contributed by atoms with Crippen molar-refractivity contribution in [2.24, 2.45) is 11.7 Å². The Morgan fingerprint density at radius 2 is 1.88 bits per heavy atom. The number of carbonyl (C=O) groups is 1. The Hall–Kier alpha value is -3.08. The van der Waals surface area contributed by atoms with E-state index in [2.05, 4.69) is 15.3 Å². The summed E-state index contributed by atoms with van der Waals surface area (Å²) >= 11 is 5.81. The first kappa shape index (κ1) is 26.2. The van der Waals surface area contributed by atoms with Crippen molar-refractivity contribution in [2.45, 2.75) is 0 Å². The number of nitrogens with two attached hydrogens (primary N) is 2. The number of nitrogen functional groups attached to an aromatic ring is 1. The molecule has 33 heavy (non-hydrogen) atoms. The van der Waals surface area contributed by atoms with E-state index in [0.29, 0.717) is 6.54 Å². The van der Waals surface area contributed by atoms with Gasteiger partial charge in [-0.15, -0.1) is 24.0 Å². The average molecular weight is 502 g/mol. The van der Waals surface area contributed by atoms with Gasteiger partial charge in [0.05, 0.1) is 24.1 Å². The fourth-order valence-electron chi connectivity index (χ4n) is 2.75. The zero-order valence-electron chi connectivity index (χ0n) is 17.0. The van der Waals surface area contributed by atoms with Gasteiger partial charge in [0.15, 0.2) is 11.5 Å². The first-order chi connectivity index (χ1) is 15.3. The molecular weight excluding hydrogens is 482 g/mol. The van der Waals surface area contributed by atoms with Gasteiger partial charge in [-0.05, 0) is 18.7 Å². The number of halogens is 5. The third kappa shape index (κ3) is 6.04. The number of nitrogens with one attached hydrogen (secondary N) is 1. The van der Waals surface area contributed by atoms with E-state index in [1.165, 1.54) is 18.5 Å². The van der Waals surface area contributed by atoms with E-state index in [1.54, 1.807) is 0 Å². The molecule has 0 bridgehead atoms. The summed E-state index contributed by atoms with van der Waals surface area (Å²) in [6.45, 7) is 0.502. The van der Waals surface area contributed by atoms with Gasteiger partial charge in [0.1, 0.15) is 28.8 Å². The summed E-state index contributed by atoms with van der Waals surface area (Å²) in [4.78, 5) is 20.5. The zero-order chi connectivity index (χ0) is 23.3. The fraction of sp³-hybridized carbons (Fsp3) is 0.190. The van der Waals surface area contributed by atoms with E-state index in [4.69, 9.17) is 27.8 Å². The molecule has 0 aliphatic heterocycles. The highest BCUT2D eigenvalue weighted by atomic mass is 35.5. The summed E-state index contributed by atoms with van der Waals surface area (Å²) < 4.78 is 48.3. The summed E-state index contributed by atoms with van der Waals surface area (Å²) in [7, 11) is 0. The molecule has 176 valence electrons. The lowest BCUT2D eigenvalue weighted by atomic mass is 10.1. The van der Waals surface area contributed by atoms with Gasteiger partial charge in [-0.2, -0.15) is 0 Å². The van der Waals surface area contributed by atoms with Crippen LogP contribution in [0.2, 0.25) is 0 Å². The highest BCUT2D eigenvalue weighted by Gasteiger charge is 2.22. The van der Waals surface area contributed by atoms with Crippen LogP contribution in [0.25, 0.3) is 11.3 Å². The van der Waals surface area contributed by atoms with Gasteiger partial charge in [-0.1, -0.05) is 6.07 Å². The Morgan fingerprint density at radius 3 is 2.52 bits per heavy atom. The molecule has 0 spiro atoms. The Bertz CT molecular complexity index is 1110. The molecule has 7 nitrogen and oxygen atoms in total. The first-order valence-electron chi connectivity index (χ1n) is 9.40. The SMILES string of the molecule is Cl.NCC(CCl)COc1ccncc1NC(=O)c1nc(-c2c(F)cccc2F)c(F)cc1N. The van der Waals surface area contributed by atoms with Crippen molar-refractivity contribution in [2.75, 3.05) is 30.1 Å². The lowest BCUT2D eigenvalue weighted by Gasteiger charge is -2.16. The Balaban J connectivity index is 0.00000385. The first-order valence-corrected chi connectivity index (χ1v) is 9.93. The van der Waals surface area contributed by atoms with E-state index >= 15 is 0 Å². The van der Waals surface area contributed by atoms with Crippen LogP contribution in [0.5, 0.6) is 5.75 Å². The summed E-state index contributed by atoms with van der Waals surface area (Å²) in [5.41, 5.74) is 9.37. The van der Waals surface area contributed by atoms with Crippen LogP contribution in [-0.2, 0) is 0 Å². The van der Waals surface area contributed by atoms with E-state index in [0.717, 1.165) is 24.3 Å². The van der Waals surface area contributed by atoms with Crippen LogP contribution in [0, 0.1) is 23.4 Å². The van der Waals surface area contributed by atoms with E-state index in [9.17, 15) is 18.0 Å². The van der Waals surface area contributed by atoms with Crippen molar-refractivity contribution in [3.63, 3.8) is 0 Å². The van der Waals surface area contributed by atoms with Crippen LogP contribution in [0.1, 0.15) is 10.5 Å². The fourth-order valence-corrected chi connectivity index (χ4v) is 2.97. The molecule has 0 saturated carbocycles. The molecular formula is C21H20Cl2F3N5O2. The molecule has 2 aromatic heterocycles. The van der Waals surface area contributed by atoms with Crippen molar-refractivity contribution in [3.05, 3.63) is 65.9 Å². The standard InChI is InChI=1S/C21H19ClF3N5O2.ClH/c22-7-11(8-26)10-32-17-4-5-28-9-16(17)29-21(31)20-15(27)6-14(25)19(30-20)18-12(23)2-1-3-13(18)24;/h1-6,9,11H,7-8,10,26-27H2,(H,29,31);1H. The number of hydrogen-bond donors (Lipinski definition) is 3. The quantitative estimate of drug-likeness (QED) is 0.401. The van der Waals surface area contributed by atoms with Crippen LogP contribution in [0.4, 0.5) is 24.5 Å². The van der Waals surface area contributed by atoms with Crippen LogP contribution in [0.15, 0.2) is 42.7 Å². The normalized spacial score (nSPS) is 11.4. The number of rotatable bonds is 8. The molecule has 2 heterocycles. The number of pyridine rings is 2. The van der Waals surface area contributed by atoms with Crippen molar-refractivity contribution < 1.29 is 22.7 Å². The lowest BCUT2D eigenvalue weighted by molar-refractivity contribution is 0.102. The number of ether oxygens (including phenoxy) is 1. The van der Waals surface area contributed by atoms with Gasteiger partial charge in [-0.25, -0.2) is 18.2 Å². The van der Waals surface area contributed by atoms with Crippen molar-refractivity contribution >= 4 is 41.3 Å². The highest BCUT2D eigenvalue weighted by molar-refractivity contribution is 6.18. The van der Waals surface area contributed by atoms with Crippen molar-refractivity contribution in [3.8, 4) is 17.0 Å². The van der Waals surface area contributed by atoms with Crippen molar-refractivity contribution in [1.29, 1.82) is 0 Å². The van der Waals surface area contributed by atoms with Gasteiger partial charge in [0, 0.05) is 30.1 Å². The number of alkyl halides is 1. The Kier molecular flexibility index (Phi) is 9.27. The molecule has 0 saturated heterocycles. The molecule has 0 fully saturated rings. The topological polar surface area (TPSA) is 116 Å². The summed E-state index contributed by atoms with van der Waals surface area (Å²) in [5, 5.41) is 2.51. The minimum Gasteiger partial charge on any atom is -0.491 e. The number of aromatic nitrogens is 2. The third-order valence-corrected chi connectivity index (χ3v) is 4.91. The second-order valence-electron chi connectivity index (χ2n) is 6.75. The number of benzene rings is 1. The third-order valence-electron chi connectivity index (χ3n) is 4.48. The molecule has 3 rings (SSSR count). The van der Waals surface area contributed by atoms with E-state index < -0.39 is 40.3 Å². The van der Waals surface area contributed by atoms with Crippen LogP contribution in [-0.4, -0.2) is 34.9 Å². The van der Waals surface area contributed by atoms with Crippen LogP contribution >= 0.6 is 24.0 Å². The van der Waals surface area contributed by atoms with Crippen molar-refractivity contribution in [1.82, 2.24) is 9.97 Å². The number of carbonyl (C=O) groups excluding carboxylic acids is 1. The second-order valence-corrected chi connectivity index (χ2v) is 7.05. The molecule has 1 amide bonds. The molecule has 1 atom stereocenters. The Morgan fingerprint density at radius 1 is 1.18 bits per heavy atom. The zero-order valence-corrected chi connectivity index (χ0v) is 18.6. The summed E-state index contributed by atoms with van der Waals surface area (Å²) in [5.74, 6) is -3.56. The molecule has 1 unspecified atom stereocenters. The summed E-state index contributed by atoms with van der Waals surface area (Å²) in [6, 6.07) is 5.31. The maximum atomic E-state index is 14.4. The number of anilines is 2. The van der Waals surface area contributed by atoms with Gasteiger partial charge >= 0.3 is 0 Å². The van der Waals surface area contributed by atoms with Crippen LogP contribution in [0.3, 0.4) is 0 Å². The van der Waals surface area contributed by atoms with Crippen LogP contribution < -0.4 is 21.5 Å². The second kappa shape index (κ2) is 11.7. The highest BCUT2D eigenvalue weighted by Crippen LogP contribution is 2.30. The molecule has 1 aromatic carbocycles. The smallest absolute Gasteiger partial charge is 0.276 e. The minimum atomic E-state index is -1.08. The maximum absolute atomic E-state index is 14.4. The lowest BCUT2D eigenvalue weighted by Crippen LogP contribution is -2.23. The summed E-state index contributed by atoms with van der Waals surface area (Å²) in [6.07, 6.45) is 2.77. The molecule has 0 aliphatic rings. The maximum Gasteiger partial charge on any atom is 0.276 e. The van der Waals surface area contributed by atoms with Gasteiger partial charge in [-0.3, -0.25) is 9.78 Å². The molecule has 0 radical (unpaired) electrons. The monoisotopic (exact) mass is 501 g/mol. The van der Waals surface area contributed by atoms with E-state index in [1.807, 2.05) is 0 Å². The number of hydrogen-bond acceptors (Lipinski definition) is 6. The van der Waals surface area contributed by atoms with E-state index in [-0.39, 0.29) is 47.9 Å². The van der Waals surface area contributed by atoms with Gasteiger partial charge < -0.3 is 21.5 Å². The van der Waals surface area contributed by atoms with Gasteiger partial charge in [0.2, 0.25) is 0 Å². The average Bonchev–Trinajstić information content (AvgIpc) is 2.76. The molecule has 12 heteroatoms. The minimum absolute atomic E-state index is 0. The molecule has 0 aliphatic carbocycles. The number of amides is 1. The van der Waals surface area contributed by atoms with Gasteiger partial charge in [0.25, 0.3) is 5.91 Å². The molecule has 5 N–H and O–H groups in total. The number of nitrogens with zero attached hydrogens (tertiary/aromatic N) is 2. The largest absolute Gasteiger partial charge is 0.491 e. The Labute approximate surface area is 198 Å².